The largest absolute Gasteiger partial charge is 0.462 e. The van der Waals surface area contributed by atoms with Crippen molar-refractivity contribution in [1.82, 2.24) is 0 Å². The predicted octanol–water partition coefficient (Wildman–Crippen LogP) is -0.640. The summed E-state index contributed by atoms with van der Waals surface area (Å²) >= 11 is 0. The van der Waals surface area contributed by atoms with Crippen LogP contribution in [-0.4, -0.2) is 19.3 Å². The molecule has 0 aliphatic carbocycles. The van der Waals surface area contributed by atoms with Crippen LogP contribution in [0.1, 0.15) is 0 Å². The van der Waals surface area contributed by atoms with Gasteiger partial charge in [-0.2, -0.15) is 0 Å². The average molecular weight is 129 g/mol. The van der Waals surface area contributed by atoms with E-state index in [1.165, 1.54) is 6.08 Å². The number of carbonyl (C=O) groups is 1. The van der Waals surface area contributed by atoms with E-state index < -0.39 is 5.91 Å². The first kappa shape index (κ1) is 6.10. The molecule has 0 saturated heterocycles. The van der Waals surface area contributed by atoms with Crippen LogP contribution in [-0.2, 0) is 14.3 Å². The normalized spacial score (nSPS) is 18.0. The molecule has 50 valence electrons. The average Bonchev–Trinajstić information content (AvgIpc) is 1.90. The molecule has 9 heavy (non-hydrogen) atoms. The molecular formula is C5H7NO3. The zero-order chi connectivity index (χ0) is 6.69. The molecule has 1 heterocycles. The summed E-state index contributed by atoms with van der Waals surface area (Å²) < 4.78 is 9.45. The van der Waals surface area contributed by atoms with Crippen molar-refractivity contribution in [2.75, 3.05) is 13.4 Å². The van der Waals surface area contributed by atoms with Gasteiger partial charge in [0.15, 0.2) is 12.6 Å². The molecule has 0 unspecified atom stereocenters. The highest BCUT2D eigenvalue weighted by atomic mass is 16.7. The van der Waals surface area contributed by atoms with Gasteiger partial charge in [-0.3, -0.25) is 4.79 Å². The molecule has 0 bridgehead atoms. The molecular weight excluding hydrogens is 122 g/mol. The summed E-state index contributed by atoms with van der Waals surface area (Å²) in [4.78, 5) is 10.3. The molecule has 0 aromatic heterocycles. The first-order chi connectivity index (χ1) is 4.30. The van der Waals surface area contributed by atoms with Crippen LogP contribution >= 0.6 is 0 Å². The molecule has 0 aromatic rings. The highest BCUT2D eigenvalue weighted by Crippen LogP contribution is 2.01. The molecule has 4 nitrogen and oxygen atoms in total. The molecule has 4 heteroatoms. The van der Waals surface area contributed by atoms with E-state index in [4.69, 9.17) is 15.2 Å². The molecule has 0 fully saturated rings. The van der Waals surface area contributed by atoms with Crippen LogP contribution in [0.4, 0.5) is 0 Å². The molecule has 0 spiro atoms. The van der Waals surface area contributed by atoms with Crippen molar-refractivity contribution in [1.29, 1.82) is 0 Å². The zero-order valence-electron chi connectivity index (χ0n) is 4.79. The summed E-state index contributed by atoms with van der Waals surface area (Å²) in [5.74, 6) is -0.348. The lowest BCUT2D eigenvalue weighted by atomic mass is 10.4. The Morgan fingerprint density at radius 2 is 2.56 bits per heavy atom. The maximum Gasteiger partial charge on any atom is 0.283 e. The van der Waals surface area contributed by atoms with Gasteiger partial charge in [0, 0.05) is 0 Å². The number of rotatable bonds is 1. The number of hydrogen-bond acceptors (Lipinski definition) is 3. The van der Waals surface area contributed by atoms with E-state index in [1.54, 1.807) is 0 Å². The van der Waals surface area contributed by atoms with Gasteiger partial charge in [0.2, 0.25) is 0 Å². The third-order valence-corrected chi connectivity index (χ3v) is 0.927. The molecule has 0 atom stereocenters. The topological polar surface area (TPSA) is 61.6 Å². The molecule has 2 N–H and O–H groups in total. The summed E-state index contributed by atoms with van der Waals surface area (Å²) in [5, 5.41) is 0. The first-order valence-electron chi connectivity index (χ1n) is 2.51. The quantitative estimate of drug-likeness (QED) is 0.512. The van der Waals surface area contributed by atoms with Gasteiger partial charge in [-0.15, -0.1) is 0 Å². The fourth-order valence-corrected chi connectivity index (χ4v) is 0.519. The summed E-state index contributed by atoms with van der Waals surface area (Å²) in [6.45, 7) is 0.521. The standard InChI is InChI=1S/C5H7NO3/c6-5(7)4-1-2-8-3-9-4/h1H,2-3H2,(H2,6,7). The van der Waals surface area contributed by atoms with Gasteiger partial charge >= 0.3 is 0 Å². The van der Waals surface area contributed by atoms with Crippen LogP contribution in [0.2, 0.25) is 0 Å². The smallest absolute Gasteiger partial charge is 0.283 e. The van der Waals surface area contributed by atoms with Gasteiger partial charge in [0.05, 0.1) is 6.61 Å². The summed E-state index contributed by atoms with van der Waals surface area (Å²) in [6.07, 6.45) is 1.51. The van der Waals surface area contributed by atoms with Crippen LogP contribution in [0.5, 0.6) is 0 Å². The lowest BCUT2D eigenvalue weighted by molar-refractivity contribution is -0.122. The highest BCUT2D eigenvalue weighted by molar-refractivity contribution is 5.89. The van der Waals surface area contributed by atoms with Crippen molar-refractivity contribution in [3.63, 3.8) is 0 Å². The van der Waals surface area contributed by atoms with Crippen LogP contribution in [0.25, 0.3) is 0 Å². The molecule has 0 saturated carbocycles. The second-order valence-electron chi connectivity index (χ2n) is 1.57. The molecule has 1 amide bonds. The molecule has 0 aromatic carbocycles. The van der Waals surface area contributed by atoms with Crippen molar-refractivity contribution in [2.24, 2.45) is 5.73 Å². The summed E-state index contributed by atoms with van der Waals surface area (Å²) in [7, 11) is 0. The minimum absolute atomic E-state index is 0.120. The van der Waals surface area contributed by atoms with Crippen LogP contribution < -0.4 is 5.73 Å². The molecule has 1 aliphatic heterocycles. The zero-order valence-corrected chi connectivity index (χ0v) is 4.79. The fourth-order valence-electron chi connectivity index (χ4n) is 0.519. The maximum absolute atomic E-state index is 10.3. The molecule has 0 radical (unpaired) electrons. The summed E-state index contributed by atoms with van der Waals surface area (Å²) in [6, 6.07) is 0. The lowest BCUT2D eigenvalue weighted by Gasteiger charge is -2.11. The van der Waals surface area contributed by atoms with E-state index in [2.05, 4.69) is 0 Å². The molecule has 1 rings (SSSR count). The van der Waals surface area contributed by atoms with Gasteiger partial charge in [-0.1, -0.05) is 0 Å². The van der Waals surface area contributed by atoms with Crippen LogP contribution in [0, 0.1) is 0 Å². The van der Waals surface area contributed by atoms with E-state index >= 15 is 0 Å². The van der Waals surface area contributed by atoms with Crippen LogP contribution in [0.3, 0.4) is 0 Å². The maximum atomic E-state index is 10.3. The third-order valence-electron chi connectivity index (χ3n) is 0.927. The number of ether oxygens (including phenoxy) is 2. The monoisotopic (exact) mass is 129 g/mol. The first-order valence-corrected chi connectivity index (χ1v) is 2.51. The Balaban J connectivity index is 2.57. The van der Waals surface area contributed by atoms with E-state index in [1.807, 2.05) is 0 Å². The number of primary amides is 1. The number of hydrogen-bond donors (Lipinski definition) is 1. The van der Waals surface area contributed by atoms with E-state index in [9.17, 15) is 4.79 Å². The SMILES string of the molecule is NC(=O)C1=CCOCO1. The second-order valence-corrected chi connectivity index (χ2v) is 1.57. The number of carbonyl (C=O) groups excluding carboxylic acids is 1. The van der Waals surface area contributed by atoms with Gasteiger partial charge in [-0.05, 0) is 6.08 Å². The number of amides is 1. The Hall–Kier alpha value is -1.03. The highest BCUT2D eigenvalue weighted by Gasteiger charge is 2.08. The van der Waals surface area contributed by atoms with Gasteiger partial charge in [-0.25, -0.2) is 0 Å². The van der Waals surface area contributed by atoms with Gasteiger partial charge < -0.3 is 15.2 Å². The van der Waals surface area contributed by atoms with E-state index in [0.717, 1.165) is 0 Å². The minimum atomic E-state index is -0.543. The van der Waals surface area contributed by atoms with Crippen molar-refractivity contribution >= 4 is 5.91 Å². The second kappa shape index (κ2) is 2.50. The van der Waals surface area contributed by atoms with Crippen molar-refractivity contribution in [3.05, 3.63) is 11.8 Å². The Labute approximate surface area is 52.2 Å². The molecule has 1 aliphatic rings. The Kier molecular flexibility index (Phi) is 1.69. The third kappa shape index (κ3) is 1.43. The van der Waals surface area contributed by atoms with Crippen molar-refractivity contribution in [3.8, 4) is 0 Å². The van der Waals surface area contributed by atoms with Crippen molar-refractivity contribution in [2.45, 2.75) is 0 Å². The van der Waals surface area contributed by atoms with E-state index in [-0.39, 0.29) is 12.6 Å². The predicted molar refractivity (Wildman–Crippen MR) is 29.2 cm³/mol. The van der Waals surface area contributed by atoms with Gasteiger partial charge in [0.1, 0.15) is 0 Å². The van der Waals surface area contributed by atoms with Crippen LogP contribution in [0.15, 0.2) is 11.8 Å². The van der Waals surface area contributed by atoms with Crippen molar-refractivity contribution < 1.29 is 14.3 Å². The van der Waals surface area contributed by atoms with E-state index in [0.29, 0.717) is 6.61 Å². The summed E-state index contributed by atoms with van der Waals surface area (Å²) in [5.41, 5.74) is 4.88. The lowest BCUT2D eigenvalue weighted by Crippen LogP contribution is -2.20. The fraction of sp³-hybridized carbons (Fsp3) is 0.400. The Morgan fingerprint density at radius 3 is 2.89 bits per heavy atom. The van der Waals surface area contributed by atoms with Gasteiger partial charge in [0.25, 0.3) is 5.91 Å². The number of nitrogens with two attached hydrogens (primary N) is 1. The Bertz CT molecular complexity index is 152. The Morgan fingerprint density at radius 1 is 1.78 bits per heavy atom. The minimum Gasteiger partial charge on any atom is -0.462 e.